The van der Waals surface area contributed by atoms with E-state index in [0.717, 1.165) is 0 Å². The van der Waals surface area contributed by atoms with Gasteiger partial charge in [-0.1, -0.05) is 0 Å². The number of carboxylic acid groups (broad SMARTS) is 1. The Labute approximate surface area is 109 Å². The van der Waals surface area contributed by atoms with Crippen LogP contribution in [0.4, 0.5) is 26.3 Å². The minimum absolute atomic E-state index is 0. The Kier molecular flexibility index (Phi) is 5.29. The highest BCUT2D eigenvalue weighted by atomic mass is 35.5. The molecule has 0 aromatic rings. The highest BCUT2D eigenvalue weighted by molar-refractivity contribution is 5.85. The van der Waals surface area contributed by atoms with E-state index in [0.29, 0.717) is 0 Å². The van der Waals surface area contributed by atoms with Crippen molar-refractivity contribution < 1.29 is 36.2 Å². The summed E-state index contributed by atoms with van der Waals surface area (Å²) in [5, 5.41) is 8.60. The molecule has 0 amide bonds. The van der Waals surface area contributed by atoms with Crippen LogP contribution in [0.3, 0.4) is 0 Å². The zero-order valence-corrected chi connectivity index (χ0v) is 9.99. The van der Waals surface area contributed by atoms with Gasteiger partial charge in [-0.25, -0.2) is 0 Å². The third kappa shape index (κ3) is 4.00. The second-order valence-corrected chi connectivity index (χ2v) is 3.98. The molecule has 1 fully saturated rings. The van der Waals surface area contributed by atoms with Gasteiger partial charge in [0.2, 0.25) is 0 Å². The Morgan fingerprint density at radius 3 is 1.84 bits per heavy atom. The maximum Gasteiger partial charge on any atom is 0.421 e. The molecule has 0 bridgehead atoms. The van der Waals surface area contributed by atoms with Gasteiger partial charge in [0.05, 0.1) is 5.92 Å². The van der Waals surface area contributed by atoms with Crippen LogP contribution < -0.4 is 5.73 Å². The Balaban J connectivity index is 0.00000324. The van der Waals surface area contributed by atoms with Crippen LogP contribution in [0.5, 0.6) is 0 Å². The maximum absolute atomic E-state index is 12.4. The predicted molar refractivity (Wildman–Crippen MR) is 54.7 cm³/mol. The van der Waals surface area contributed by atoms with Gasteiger partial charge in [0.15, 0.2) is 0 Å². The summed E-state index contributed by atoms with van der Waals surface area (Å²) in [6.45, 7) is 0. The van der Waals surface area contributed by atoms with Crippen LogP contribution in [-0.2, 0) is 4.79 Å². The molecule has 1 saturated carbocycles. The molecule has 0 heterocycles. The van der Waals surface area contributed by atoms with Crippen molar-refractivity contribution in [3.05, 3.63) is 11.1 Å². The van der Waals surface area contributed by atoms with Gasteiger partial charge in [0.25, 0.3) is 0 Å². The lowest BCUT2D eigenvalue weighted by atomic mass is 10.0. The van der Waals surface area contributed by atoms with Gasteiger partial charge in [-0.3, -0.25) is 4.79 Å². The summed E-state index contributed by atoms with van der Waals surface area (Å²) in [5.41, 5.74) is 1.42. The van der Waals surface area contributed by atoms with Crippen molar-refractivity contribution >= 4 is 18.4 Å². The first-order chi connectivity index (χ1) is 7.94. The van der Waals surface area contributed by atoms with E-state index in [1.54, 1.807) is 0 Å². The van der Waals surface area contributed by atoms with Gasteiger partial charge in [0.1, 0.15) is 5.57 Å². The van der Waals surface area contributed by atoms with Gasteiger partial charge in [-0.2, -0.15) is 26.3 Å². The predicted octanol–water partition coefficient (Wildman–Crippen LogP) is 2.65. The maximum atomic E-state index is 12.4. The van der Waals surface area contributed by atoms with Crippen molar-refractivity contribution in [1.29, 1.82) is 0 Å². The number of aliphatic carboxylic acids is 1. The summed E-state index contributed by atoms with van der Waals surface area (Å²) in [6, 6.07) is -1.54. The van der Waals surface area contributed by atoms with E-state index in [-0.39, 0.29) is 12.4 Å². The van der Waals surface area contributed by atoms with Crippen LogP contribution in [0.1, 0.15) is 12.8 Å². The normalized spacial score (nSPS) is 24.1. The molecule has 2 unspecified atom stereocenters. The molecule has 10 heteroatoms. The molecule has 3 N–H and O–H groups in total. The molecule has 0 spiro atoms. The Hall–Kier alpha value is -0.960. The van der Waals surface area contributed by atoms with E-state index in [4.69, 9.17) is 10.8 Å². The van der Waals surface area contributed by atoms with E-state index in [1.807, 2.05) is 0 Å². The molecule has 0 radical (unpaired) electrons. The largest absolute Gasteiger partial charge is 0.481 e. The molecule has 0 aromatic carbocycles. The molecule has 112 valence electrons. The number of carboxylic acids is 1. The fraction of sp³-hybridized carbons (Fsp3) is 0.667. The van der Waals surface area contributed by atoms with Gasteiger partial charge in [-0.15, -0.1) is 12.4 Å². The quantitative estimate of drug-likeness (QED) is 0.578. The fourth-order valence-corrected chi connectivity index (χ4v) is 1.95. The summed E-state index contributed by atoms with van der Waals surface area (Å²) in [6.07, 6.45) is -12.5. The molecule has 0 aromatic heterocycles. The number of alkyl halides is 6. The molecule has 1 rings (SSSR count). The first kappa shape index (κ1) is 18.0. The number of allylic oxidation sites excluding steroid dienone is 1. The van der Waals surface area contributed by atoms with E-state index in [2.05, 4.69) is 0 Å². The van der Waals surface area contributed by atoms with Crippen molar-refractivity contribution in [2.45, 2.75) is 31.2 Å². The highest BCUT2D eigenvalue weighted by Crippen LogP contribution is 2.45. The number of halogens is 7. The summed E-state index contributed by atoms with van der Waals surface area (Å²) in [5.74, 6) is -2.76. The Morgan fingerprint density at radius 2 is 1.58 bits per heavy atom. The van der Waals surface area contributed by atoms with Gasteiger partial charge in [-0.05, 0) is 18.4 Å². The Bertz CT molecular complexity index is 373. The van der Waals surface area contributed by atoms with Gasteiger partial charge >= 0.3 is 18.3 Å². The smallest absolute Gasteiger partial charge is 0.421 e. The lowest BCUT2D eigenvalue weighted by molar-refractivity contribution is -0.173. The van der Waals surface area contributed by atoms with E-state index < -0.39 is 54.3 Å². The fourth-order valence-electron chi connectivity index (χ4n) is 1.95. The second-order valence-electron chi connectivity index (χ2n) is 3.98. The van der Waals surface area contributed by atoms with Gasteiger partial charge < -0.3 is 10.8 Å². The van der Waals surface area contributed by atoms with Crippen LogP contribution in [0.25, 0.3) is 0 Å². The summed E-state index contributed by atoms with van der Waals surface area (Å²) in [4.78, 5) is 10.6. The number of nitrogens with two attached hydrogens (primary N) is 1. The molecule has 1 aliphatic carbocycles. The third-order valence-corrected chi connectivity index (χ3v) is 2.69. The number of rotatable bonds is 1. The van der Waals surface area contributed by atoms with E-state index in [9.17, 15) is 31.1 Å². The van der Waals surface area contributed by atoms with Crippen LogP contribution in [0.2, 0.25) is 0 Å². The van der Waals surface area contributed by atoms with Crippen molar-refractivity contribution in [2.24, 2.45) is 11.7 Å². The summed E-state index contributed by atoms with van der Waals surface area (Å²) in [7, 11) is 0. The summed E-state index contributed by atoms with van der Waals surface area (Å²) >= 11 is 0. The molecular formula is C9H10ClF6NO2. The van der Waals surface area contributed by atoms with Crippen molar-refractivity contribution in [3.63, 3.8) is 0 Å². The average Bonchev–Trinajstić information content (AvgIpc) is 2.43. The van der Waals surface area contributed by atoms with Crippen molar-refractivity contribution in [3.8, 4) is 0 Å². The zero-order chi connectivity index (χ0) is 14.3. The standard InChI is InChI=1S/C9H9F6NO2.ClH/c10-8(11,12)6(9(13,14)15)4-1-3(7(17)18)2-5(4)16;/h3,5H,1-2,16H2,(H,17,18);1H. The molecule has 0 saturated heterocycles. The van der Waals surface area contributed by atoms with Gasteiger partial charge in [0, 0.05) is 6.04 Å². The number of carbonyl (C=O) groups is 1. The van der Waals surface area contributed by atoms with Crippen molar-refractivity contribution in [1.82, 2.24) is 0 Å². The summed E-state index contributed by atoms with van der Waals surface area (Å²) < 4.78 is 74.3. The van der Waals surface area contributed by atoms with E-state index >= 15 is 0 Å². The molecular weight excluding hydrogens is 304 g/mol. The second kappa shape index (κ2) is 5.58. The van der Waals surface area contributed by atoms with Crippen molar-refractivity contribution in [2.75, 3.05) is 0 Å². The Morgan fingerprint density at radius 1 is 1.16 bits per heavy atom. The van der Waals surface area contributed by atoms with Crippen LogP contribution in [-0.4, -0.2) is 29.5 Å². The molecule has 0 aliphatic heterocycles. The highest BCUT2D eigenvalue weighted by Gasteiger charge is 2.54. The third-order valence-electron chi connectivity index (χ3n) is 2.69. The first-order valence-corrected chi connectivity index (χ1v) is 4.80. The van der Waals surface area contributed by atoms with Crippen LogP contribution >= 0.6 is 12.4 Å². The minimum Gasteiger partial charge on any atom is -0.481 e. The number of hydrogen-bond acceptors (Lipinski definition) is 2. The number of hydrogen-bond donors (Lipinski definition) is 2. The molecule has 1 aliphatic rings. The first-order valence-electron chi connectivity index (χ1n) is 4.80. The SMILES string of the molecule is Cl.NC1CC(C(=O)O)CC1=C(C(F)(F)F)C(F)(F)F. The molecule has 2 atom stereocenters. The van der Waals surface area contributed by atoms with Crippen LogP contribution in [0, 0.1) is 5.92 Å². The molecule has 19 heavy (non-hydrogen) atoms. The van der Waals surface area contributed by atoms with Crippen LogP contribution in [0.15, 0.2) is 11.1 Å². The monoisotopic (exact) mass is 313 g/mol. The lowest BCUT2D eigenvalue weighted by Crippen LogP contribution is -2.32. The minimum atomic E-state index is -5.60. The lowest BCUT2D eigenvalue weighted by Gasteiger charge is -2.19. The topological polar surface area (TPSA) is 63.3 Å². The average molecular weight is 314 g/mol. The molecule has 3 nitrogen and oxygen atoms in total. The zero-order valence-electron chi connectivity index (χ0n) is 9.18. The van der Waals surface area contributed by atoms with E-state index in [1.165, 1.54) is 0 Å².